The van der Waals surface area contributed by atoms with Gasteiger partial charge in [-0.2, -0.15) is 0 Å². The lowest BCUT2D eigenvalue weighted by Gasteiger charge is -2.37. The highest BCUT2D eigenvalue weighted by molar-refractivity contribution is 7.09. The Bertz CT molecular complexity index is 743. The molecule has 0 radical (unpaired) electrons. The lowest BCUT2D eigenvalue weighted by molar-refractivity contribution is -0.126. The van der Waals surface area contributed by atoms with Crippen LogP contribution >= 0.6 is 11.3 Å². The molecule has 2 aromatic rings. The molecular formula is C19H25FN4OS. The van der Waals surface area contributed by atoms with Crippen molar-refractivity contribution in [2.45, 2.75) is 33.0 Å². The van der Waals surface area contributed by atoms with Gasteiger partial charge in [0.25, 0.3) is 0 Å². The van der Waals surface area contributed by atoms with E-state index in [9.17, 15) is 9.18 Å². The summed E-state index contributed by atoms with van der Waals surface area (Å²) in [6.07, 6.45) is 0. The van der Waals surface area contributed by atoms with Crippen molar-refractivity contribution >= 4 is 17.2 Å². The number of nitrogens with zero attached hydrogens (tertiary/aromatic N) is 3. The molecular weight excluding hydrogens is 351 g/mol. The van der Waals surface area contributed by atoms with Gasteiger partial charge in [0, 0.05) is 50.2 Å². The van der Waals surface area contributed by atoms with Crippen LogP contribution in [0.5, 0.6) is 0 Å². The molecule has 1 fully saturated rings. The van der Waals surface area contributed by atoms with E-state index in [1.54, 1.807) is 29.5 Å². The van der Waals surface area contributed by atoms with E-state index in [-0.39, 0.29) is 24.3 Å². The molecule has 7 heteroatoms. The van der Waals surface area contributed by atoms with Crippen LogP contribution in [0.4, 0.5) is 4.39 Å². The zero-order valence-electron chi connectivity index (χ0n) is 15.2. The van der Waals surface area contributed by atoms with Gasteiger partial charge in [-0.15, -0.1) is 11.3 Å². The highest BCUT2D eigenvalue weighted by Crippen LogP contribution is 2.13. The van der Waals surface area contributed by atoms with E-state index in [0.29, 0.717) is 5.56 Å². The monoisotopic (exact) mass is 376 g/mol. The van der Waals surface area contributed by atoms with Gasteiger partial charge in [0.2, 0.25) is 5.91 Å². The molecule has 5 nitrogen and oxygen atoms in total. The zero-order chi connectivity index (χ0) is 18.5. The molecule has 26 heavy (non-hydrogen) atoms. The third-order valence-corrected chi connectivity index (χ3v) is 5.62. The SMILES string of the molecule is Cc1nc(CN2CCN(C(C)C(=O)NCc3ccccc3F)CC2)cs1. The number of carbonyl (C=O) groups excluding carboxylic acids is 1. The van der Waals surface area contributed by atoms with Crippen molar-refractivity contribution in [3.63, 3.8) is 0 Å². The maximum Gasteiger partial charge on any atom is 0.237 e. The molecule has 2 heterocycles. The average Bonchev–Trinajstić information content (AvgIpc) is 3.05. The van der Waals surface area contributed by atoms with Crippen LogP contribution in [0.25, 0.3) is 0 Å². The van der Waals surface area contributed by atoms with E-state index in [1.807, 2.05) is 13.8 Å². The van der Waals surface area contributed by atoms with Crippen LogP contribution < -0.4 is 5.32 Å². The van der Waals surface area contributed by atoms with E-state index in [4.69, 9.17) is 0 Å². The fourth-order valence-electron chi connectivity index (χ4n) is 3.16. The van der Waals surface area contributed by atoms with Crippen LogP contribution in [0.2, 0.25) is 0 Å². The molecule has 1 aliphatic heterocycles. The highest BCUT2D eigenvalue weighted by atomic mass is 32.1. The van der Waals surface area contributed by atoms with Crippen molar-refractivity contribution in [2.75, 3.05) is 26.2 Å². The van der Waals surface area contributed by atoms with Crippen molar-refractivity contribution in [3.05, 3.63) is 51.7 Å². The zero-order valence-corrected chi connectivity index (χ0v) is 16.1. The molecule has 3 rings (SSSR count). The Balaban J connectivity index is 1.44. The standard InChI is InChI=1S/C19H25FN4OS/c1-14(19(25)21-11-16-5-3-4-6-18(16)20)24-9-7-23(8-10-24)12-17-13-26-15(2)22-17/h3-6,13-14H,7-12H2,1-2H3,(H,21,25). The van der Waals surface area contributed by atoms with Crippen LogP contribution in [-0.2, 0) is 17.9 Å². The Kier molecular flexibility index (Phi) is 6.34. The van der Waals surface area contributed by atoms with Crippen molar-refractivity contribution in [3.8, 4) is 0 Å². The maximum atomic E-state index is 13.6. The maximum absolute atomic E-state index is 13.6. The summed E-state index contributed by atoms with van der Waals surface area (Å²) in [7, 11) is 0. The number of hydrogen-bond donors (Lipinski definition) is 1. The van der Waals surface area contributed by atoms with Crippen LogP contribution in [0.1, 0.15) is 23.2 Å². The number of rotatable bonds is 6. The van der Waals surface area contributed by atoms with Crippen molar-refractivity contribution in [2.24, 2.45) is 0 Å². The van der Waals surface area contributed by atoms with E-state index in [2.05, 4.69) is 25.5 Å². The summed E-state index contributed by atoms with van der Waals surface area (Å²) in [6, 6.07) is 6.31. The van der Waals surface area contributed by atoms with Crippen LogP contribution in [-0.4, -0.2) is 52.9 Å². The number of aromatic nitrogens is 1. The van der Waals surface area contributed by atoms with Gasteiger partial charge in [0.05, 0.1) is 16.7 Å². The van der Waals surface area contributed by atoms with E-state index in [0.717, 1.165) is 43.4 Å². The molecule has 1 saturated heterocycles. The number of piperazine rings is 1. The number of amides is 1. The summed E-state index contributed by atoms with van der Waals surface area (Å²) in [5.41, 5.74) is 1.63. The Morgan fingerprint density at radius 1 is 1.31 bits per heavy atom. The molecule has 0 saturated carbocycles. The number of halogens is 1. The van der Waals surface area contributed by atoms with Gasteiger partial charge in [0.15, 0.2) is 0 Å². The lowest BCUT2D eigenvalue weighted by atomic mass is 10.2. The number of nitrogens with one attached hydrogen (secondary N) is 1. The molecule has 1 aromatic carbocycles. The minimum Gasteiger partial charge on any atom is -0.351 e. The Labute approximate surface area is 157 Å². The first-order chi connectivity index (χ1) is 12.5. The van der Waals surface area contributed by atoms with Crippen molar-refractivity contribution in [1.82, 2.24) is 20.1 Å². The third kappa shape index (κ3) is 4.87. The van der Waals surface area contributed by atoms with Crippen LogP contribution in [0, 0.1) is 12.7 Å². The first-order valence-corrected chi connectivity index (χ1v) is 9.79. The minimum atomic E-state index is -0.286. The molecule has 1 unspecified atom stereocenters. The largest absolute Gasteiger partial charge is 0.351 e. The summed E-state index contributed by atoms with van der Waals surface area (Å²) in [5, 5.41) is 6.06. The van der Waals surface area contributed by atoms with Crippen molar-refractivity contribution < 1.29 is 9.18 Å². The van der Waals surface area contributed by atoms with Crippen LogP contribution in [0.3, 0.4) is 0 Å². The molecule has 1 atom stereocenters. The Hall–Kier alpha value is -1.83. The van der Waals surface area contributed by atoms with Crippen LogP contribution in [0.15, 0.2) is 29.6 Å². The summed E-state index contributed by atoms with van der Waals surface area (Å²) in [5.74, 6) is -0.344. The average molecular weight is 377 g/mol. The van der Waals surface area contributed by atoms with Crippen molar-refractivity contribution in [1.29, 1.82) is 0 Å². The summed E-state index contributed by atoms with van der Waals surface area (Å²) in [4.78, 5) is 21.5. The molecule has 0 spiro atoms. The predicted octanol–water partition coefficient (Wildman–Crippen LogP) is 2.41. The van der Waals surface area contributed by atoms with E-state index >= 15 is 0 Å². The second-order valence-electron chi connectivity index (χ2n) is 6.66. The molecule has 0 aliphatic carbocycles. The number of benzene rings is 1. The molecule has 0 bridgehead atoms. The number of thiazole rings is 1. The first-order valence-electron chi connectivity index (χ1n) is 8.91. The van der Waals surface area contributed by atoms with Gasteiger partial charge < -0.3 is 5.32 Å². The highest BCUT2D eigenvalue weighted by Gasteiger charge is 2.25. The van der Waals surface area contributed by atoms with E-state index in [1.165, 1.54) is 6.07 Å². The summed E-state index contributed by atoms with van der Waals surface area (Å²) >= 11 is 1.68. The van der Waals surface area contributed by atoms with Gasteiger partial charge in [-0.1, -0.05) is 18.2 Å². The molecule has 140 valence electrons. The topological polar surface area (TPSA) is 48.5 Å². The number of hydrogen-bond acceptors (Lipinski definition) is 5. The normalized spacial score (nSPS) is 17.2. The lowest BCUT2D eigenvalue weighted by Crippen LogP contribution is -2.53. The molecule has 1 amide bonds. The molecule has 1 aromatic heterocycles. The van der Waals surface area contributed by atoms with Gasteiger partial charge in [-0.3, -0.25) is 14.6 Å². The number of carbonyl (C=O) groups is 1. The second-order valence-corrected chi connectivity index (χ2v) is 7.72. The smallest absolute Gasteiger partial charge is 0.237 e. The molecule has 1 aliphatic rings. The first kappa shape index (κ1) is 18.9. The predicted molar refractivity (Wildman–Crippen MR) is 101 cm³/mol. The van der Waals surface area contributed by atoms with Gasteiger partial charge in [-0.25, -0.2) is 9.37 Å². The quantitative estimate of drug-likeness (QED) is 0.841. The number of aryl methyl sites for hydroxylation is 1. The second kappa shape index (κ2) is 8.70. The fourth-order valence-corrected chi connectivity index (χ4v) is 3.76. The minimum absolute atomic E-state index is 0.0585. The van der Waals surface area contributed by atoms with E-state index < -0.39 is 0 Å². The molecule has 1 N–H and O–H groups in total. The summed E-state index contributed by atoms with van der Waals surface area (Å²) in [6.45, 7) is 8.55. The van der Waals surface area contributed by atoms with Gasteiger partial charge in [-0.05, 0) is 19.9 Å². The fraction of sp³-hybridized carbons (Fsp3) is 0.474. The van der Waals surface area contributed by atoms with Gasteiger partial charge in [0.1, 0.15) is 5.82 Å². The van der Waals surface area contributed by atoms with Gasteiger partial charge >= 0.3 is 0 Å². The summed E-state index contributed by atoms with van der Waals surface area (Å²) < 4.78 is 13.6. The Morgan fingerprint density at radius 2 is 2.04 bits per heavy atom. The Morgan fingerprint density at radius 3 is 2.69 bits per heavy atom. The third-order valence-electron chi connectivity index (χ3n) is 4.80.